The average molecular weight is 268 g/mol. The molecular weight excluding hydrogens is 244 g/mol. The van der Waals surface area contributed by atoms with Crippen LogP contribution in [0.5, 0.6) is 0 Å². The zero-order chi connectivity index (χ0) is 14.2. The van der Waals surface area contributed by atoms with Crippen molar-refractivity contribution in [2.75, 3.05) is 13.1 Å². The molecule has 2 N–H and O–H groups in total. The normalized spacial score (nSPS) is 13.9. The molecule has 0 aliphatic heterocycles. The summed E-state index contributed by atoms with van der Waals surface area (Å²) >= 11 is 0. The first-order valence-corrected chi connectivity index (χ1v) is 7.43. The first kappa shape index (κ1) is 14.8. The van der Waals surface area contributed by atoms with Gasteiger partial charge in [-0.3, -0.25) is 0 Å². The van der Waals surface area contributed by atoms with Crippen molar-refractivity contribution in [1.82, 2.24) is 10.6 Å². The maximum Gasteiger partial charge on any atom is 0.0518 e. The van der Waals surface area contributed by atoms with Gasteiger partial charge in [-0.2, -0.15) is 0 Å². The summed E-state index contributed by atoms with van der Waals surface area (Å²) in [7, 11) is 0. The van der Waals surface area contributed by atoms with Gasteiger partial charge in [0.1, 0.15) is 0 Å². The van der Waals surface area contributed by atoms with Gasteiger partial charge in [0.15, 0.2) is 0 Å². The monoisotopic (exact) mass is 268 g/mol. The molecule has 2 aromatic carbocycles. The molecule has 0 aromatic heterocycles. The molecule has 0 saturated heterocycles. The third-order valence-electron chi connectivity index (χ3n) is 3.50. The highest BCUT2D eigenvalue weighted by Crippen LogP contribution is 2.28. The Morgan fingerprint density at radius 2 is 1.00 bits per heavy atom. The van der Waals surface area contributed by atoms with Gasteiger partial charge in [-0.1, -0.05) is 74.5 Å². The molecule has 2 nitrogen and oxygen atoms in total. The average Bonchev–Trinajstić information content (AvgIpc) is 2.52. The largest absolute Gasteiger partial charge is 0.309 e. The second kappa shape index (κ2) is 7.83. The van der Waals surface area contributed by atoms with Gasteiger partial charge in [0.2, 0.25) is 0 Å². The van der Waals surface area contributed by atoms with Gasteiger partial charge in [-0.15, -0.1) is 0 Å². The van der Waals surface area contributed by atoms with Crippen LogP contribution in [-0.4, -0.2) is 13.1 Å². The molecule has 0 spiro atoms. The second-order valence-corrected chi connectivity index (χ2v) is 4.89. The Balaban J connectivity index is 2.33. The summed E-state index contributed by atoms with van der Waals surface area (Å²) in [5, 5.41) is 7.24. The quantitative estimate of drug-likeness (QED) is 0.800. The number of nitrogens with one attached hydrogen (secondary N) is 2. The van der Waals surface area contributed by atoms with E-state index in [0.717, 1.165) is 13.1 Å². The molecule has 20 heavy (non-hydrogen) atoms. The van der Waals surface area contributed by atoms with Crippen molar-refractivity contribution in [3.05, 3.63) is 71.8 Å². The van der Waals surface area contributed by atoms with E-state index in [9.17, 15) is 0 Å². The Labute approximate surface area is 122 Å². The third-order valence-corrected chi connectivity index (χ3v) is 3.50. The molecule has 0 aliphatic rings. The molecule has 2 aromatic rings. The fourth-order valence-corrected chi connectivity index (χ4v) is 2.62. The number of hydrogen-bond donors (Lipinski definition) is 2. The Bertz CT molecular complexity index is 434. The van der Waals surface area contributed by atoms with Crippen molar-refractivity contribution in [1.29, 1.82) is 0 Å². The van der Waals surface area contributed by atoms with Gasteiger partial charge in [-0.25, -0.2) is 0 Å². The van der Waals surface area contributed by atoms with E-state index < -0.39 is 0 Å². The topological polar surface area (TPSA) is 24.1 Å². The molecule has 0 heterocycles. The zero-order valence-corrected chi connectivity index (χ0v) is 12.3. The molecule has 0 fully saturated rings. The minimum absolute atomic E-state index is 0.281. The van der Waals surface area contributed by atoms with Crippen LogP contribution in [-0.2, 0) is 0 Å². The summed E-state index contributed by atoms with van der Waals surface area (Å²) < 4.78 is 0. The summed E-state index contributed by atoms with van der Waals surface area (Å²) in [6.07, 6.45) is 0. The van der Waals surface area contributed by atoms with Crippen molar-refractivity contribution in [2.45, 2.75) is 25.9 Å². The van der Waals surface area contributed by atoms with Crippen LogP contribution in [0, 0.1) is 0 Å². The van der Waals surface area contributed by atoms with Gasteiger partial charge in [0.25, 0.3) is 0 Å². The first-order valence-electron chi connectivity index (χ1n) is 7.43. The molecule has 0 saturated carbocycles. The fraction of sp³-hybridized carbons (Fsp3) is 0.333. The van der Waals surface area contributed by atoms with E-state index in [1.165, 1.54) is 11.1 Å². The molecule has 2 rings (SSSR count). The predicted molar refractivity (Wildman–Crippen MR) is 85.7 cm³/mol. The van der Waals surface area contributed by atoms with E-state index >= 15 is 0 Å². The van der Waals surface area contributed by atoms with Gasteiger partial charge in [0, 0.05) is 0 Å². The van der Waals surface area contributed by atoms with Gasteiger partial charge in [-0.05, 0) is 24.2 Å². The molecule has 0 aliphatic carbocycles. The van der Waals surface area contributed by atoms with Crippen LogP contribution in [0.3, 0.4) is 0 Å². The van der Waals surface area contributed by atoms with E-state index in [1.54, 1.807) is 0 Å². The molecule has 2 heteroatoms. The Hall–Kier alpha value is -1.64. The van der Waals surface area contributed by atoms with Crippen molar-refractivity contribution >= 4 is 0 Å². The lowest BCUT2D eigenvalue weighted by molar-refractivity contribution is 0.398. The van der Waals surface area contributed by atoms with Crippen LogP contribution in [0.2, 0.25) is 0 Å². The van der Waals surface area contributed by atoms with Crippen molar-refractivity contribution in [3.8, 4) is 0 Å². The Kier molecular flexibility index (Phi) is 5.78. The Morgan fingerprint density at radius 3 is 1.30 bits per heavy atom. The molecule has 0 unspecified atom stereocenters. The van der Waals surface area contributed by atoms with Crippen LogP contribution < -0.4 is 10.6 Å². The highest BCUT2D eigenvalue weighted by molar-refractivity contribution is 5.27. The van der Waals surface area contributed by atoms with Gasteiger partial charge < -0.3 is 10.6 Å². The molecule has 0 amide bonds. The minimum Gasteiger partial charge on any atom is -0.309 e. The summed E-state index contributed by atoms with van der Waals surface area (Å²) in [5.41, 5.74) is 2.65. The molecule has 0 radical (unpaired) electrons. The molecule has 106 valence electrons. The zero-order valence-electron chi connectivity index (χ0n) is 12.3. The lowest BCUT2D eigenvalue weighted by Gasteiger charge is -2.29. The van der Waals surface area contributed by atoms with E-state index in [4.69, 9.17) is 0 Å². The van der Waals surface area contributed by atoms with Crippen molar-refractivity contribution in [3.63, 3.8) is 0 Å². The summed E-state index contributed by atoms with van der Waals surface area (Å²) in [6.45, 7) is 6.22. The van der Waals surface area contributed by atoms with E-state index in [1.807, 2.05) is 0 Å². The van der Waals surface area contributed by atoms with Crippen LogP contribution in [0.15, 0.2) is 60.7 Å². The van der Waals surface area contributed by atoms with Gasteiger partial charge >= 0.3 is 0 Å². The smallest absolute Gasteiger partial charge is 0.0518 e. The predicted octanol–water partition coefficient (Wildman–Crippen LogP) is 3.69. The maximum absolute atomic E-state index is 3.62. The number of likely N-dealkylation sites (N-methyl/N-ethyl adjacent to an activating group) is 2. The van der Waals surface area contributed by atoms with Crippen LogP contribution >= 0.6 is 0 Å². The van der Waals surface area contributed by atoms with E-state index in [0.29, 0.717) is 0 Å². The highest BCUT2D eigenvalue weighted by Gasteiger charge is 2.22. The van der Waals surface area contributed by atoms with Gasteiger partial charge in [0.05, 0.1) is 12.1 Å². The first-order chi connectivity index (χ1) is 9.86. The summed E-state index contributed by atoms with van der Waals surface area (Å²) in [5.74, 6) is 0. The minimum atomic E-state index is 0.281. The fourth-order valence-electron chi connectivity index (χ4n) is 2.62. The van der Waals surface area contributed by atoms with Crippen molar-refractivity contribution < 1.29 is 0 Å². The van der Waals surface area contributed by atoms with E-state index in [-0.39, 0.29) is 12.1 Å². The lowest BCUT2D eigenvalue weighted by atomic mass is 9.93. The molecular formula is C18H24N2. The SMILES string of the molecule is CCN[C@@H](c1ccccc1)[C@@H](NCC)c1ccccc1. The molecule has 0 bridgehead atoms. The van der Waals surface area contributed by atoms with Crippen LogP contribution in [0.25, 0.3) is 0 Å². The van der Waals surface area contributed by atoms with Crippen LogP contribution in [0.4, 0.5) is 0 Å². The maximum atomic E-state index is 3.62. The second-order valence-electron chi connectivity index (χ2n) is 4.89. The number of benzene rings is 2. The van der Waals surface area contributed by atoms with Crippen molar-refractivity contribution in [2.24, 2.45) is 0 Å². The third kappa shape index (κ3) is 3.69. The number of hydrogen-bond acceptors (Lipinski definition) is 2. The highest BCUT2D eigenvalue weighted by atomic mass is 15.0. The van der Waals surface area contributed by atoms with Crippen LogP contribution in [0.1, 0.15) is 37.1 Å². The Morgan fingerprint density at radius 1 is 0.650 bits per heavy atom. The summed E-state index contributed by atoms with van der Waals surface area (Å²) in [6, 6.07) is 21.9. The summed E-state index contributed by atoms with van der Waals surface area (Å²) in [4.78, 5) is 0. The lowest BCUT2D eigenvalue weighted by Crippen LogP contribution is -2.35. The standard InChI is InChI=1S/C18H24N2/c1-3-19-17(15-11-7-5-8-12-15)18(20-4-2)16-13-9-6-10-14-16/h5-14,17-20H,3-4H2,1-2H3/t17-,18-/m0/s1. The molecule has 2 atom stereocenters. The number of rotatable bonds is 7. The van der Waals surface area contributed by atoms with E-state index in [2.05, 4.69) is 85.1 Å².